The molecule has 1 aromatic heterocycles. The summed E-state index contributed by atoms with van der Waals surface area (Å²) >= 11 is 0. The smallest absolute Gasteiger partial charge is 0.136 e. The lowest BCUT2D eigenvalue weighted by atomic mass is 9.84. The van der Waals surface area contributed by atoms with Gasteiger partial charge in [-0.15, -0.1) is 0 Å². The van der Waals surface area contributed by atoms with Crippen molar-refractivity contribution in [2.75, 3.05) is 0 Å². The first kappa shape index (κ1) is 26.6. The van der Waals surface area contributed by atoms with Crippen LogP contribution in [0.15, 0.2) is 174 Å². The van der Waals surface area contributed by atoms with E-state index in [1.54, 1.807) is 0 Å². The number of fused-ring (bicyclic) bond motifs is 13. The molecule has 11 aromatic rings. The summed E-state index contributed by atoms with van der Waals surface area (Å²) in [4.78, 5) is 0. The fourth-order valence-electron chi connectivity index (χ4n) is 8.52. The lowest BCUT2D eigenvalue weighted by Crippen LogP contribution is -1.91. The average Bonchev–Trinajstić information content (AvgIpc) is 3.55. The van der Waals surface area contributed by atoms with Crippen molar-refractivity contribution in [1.82, 2.24) is 0 Å². The molecule has 0 spiro atoms. The van der Waals surface area contributed by atoms with Crippen LogP contribution in [0.25, 0.3) is 109 Å². The Hall–Kier alpha value is -6.44. The van der Waals surface area contributed by atoms with Crippen LogP contribution in [-0.2, 0) is 0 Å². The molecule has 226 valence electrons. The first-order valence-electron chi connectivity index (χ1n) is 16.9. The Morgan fingerprint density at radius 1 is 0.265 bits per heavy atom. The van der Waals surface area contributed by atoms with E-state index in [0.29, 0.717) is 0 Å². The molecule has 10 aromatic carbocycles. The predicted molar refractivity (Wildman–Crippen MR) is 210 cm³/mol. The third-order valence-electron chi connectivity index (χ3n) is 10.6. The maximum atomic E-state index is 6.40. The van der Waals surface area contributed by atoms with Crippen molar-refractivity contribution in [3.63, 3.8) is 0 Å². The summed E-state index contributed by atoms with van der Waals surface area (Å²) < 4.78 is 6.40. The van der Waals surface area contributed by atoms with Gasteiger partial charge in [-0.05, 0) is 111 Å². The zero-order valence-corrected chi connectivity index (χ0v) is 26.6. The molecule has 0 atom stereocenters. The third-order valence-corrected chi connectivity index (χ3v) is 10.6. The van der Waals surface area contributed by atoms with Gasteiger partial charge in [0.2, 0.25) is 0 Å². The lowest BCUT2D eigenvalue weighted by Gasteiger charge is -2.18. The number of furan rings is 1. The second-order valence-electron chi connectivity index (χ2n) is 13.2. The summed E-state index contributed by atoms with van der Waals surface area (Å²) in [5, 5.41) is 17.5. The Bertz CT molecular complexity index is 3070. The van der Waals surface area contributed by atoms with E-state index < -0.39 is 0 Å². The quantitative estimate of drug-likeness (QED) is 0.138. The van der Waals surface area contributed by atoms with Crippen LogP contribution in [0.1, 0.15) is 0 Å². The number of hydrogen-bond donors (Lipinski definition) is 0. The van der Waals surface area contributed by atoms with E-state index in [4.69, 9.17) is 4.42 Å². The molecule has 0 saturated heterocycles. The number of hydrogen-bond acceptors (Lipinski definition) is 1. The summed E-state index contributed by atoms with van der Waals surface area (Å²) in [6.45, 7) is 0. The van der Waals surface area contributed by atoms with Crippen LogP contribution in [0.3, 0.4) is 0 Å². The molecule has 1 nitrogen and oxygen atoms in total. The van der Waals surface area contributed by atoms with Crippen molar-refractivity contribution in [2.24, 2.45) is 0 Å². The molecule has 49 heavy (non-hydrogen) atoms. The van der Waals surface area contributed by atoms with Gasteiger partial charge in [0.25, 0.3) is 0 Å². The van der Waals surface area contributed by atoms with Crippen molar-refractivity contribution in [3.8, 4) is 22.3 Å². The van der Waals surface area contributed by atoms with Gasteiger partial charge in [-0.3, -0.25) is 0 Å². The molecule has 0 unspecified atom stereocenters. The minimum absolute atomic E-state index is 0.913. The molecule has 1 heterocycles. The zero-order chi connectivity index (χ0) is 32.1. The molecule has 11 rings (SSSR count). The maximum absolute atomic E-state index is 6.40. The van der Waals surface area contributed by atoms with Gasteiger partial charge in [0, 0.05) is 10.8 Å². The van der Waals surface area contributed by atoms with Gasteiger partial charge in [0.05, 0.1) is 0 Å². The summed E-state index contributed by atoms with van der Waals surface area (Å²) in [5.74, 6) is 0. The minimum atomic E-state index is 0.913. The molecule has 0 N–H and O–H groups in total. The van der Waals surface area contributed by atoms with Crippen molar-refractivity contribution in [1.29, 1.82) is 0 Å². The van der Waals surface area contributed by atoms with E-state index in [9.17, 15) is 0 Å². The highest BCUT2D eigenvalue weighted by atomic mass is 16.3. The van der Waals surface area contributed by atoms with Gasteiger partial charge in [0.1, 0.15) is 11.2 Å². The zero-order valence-electron chi connectivity index (χ0n) is 26.6. The van der Waals surface area contributed by atoms with Crippen molar-refractivity contribution in [2.45, 2.75) is 0 Å². The van der Waals surface area contributed by atoms with Crippen molar-refractivity contribution < 1.29 is 4.42 Å². The third kappa shape index (κ3) is 3.76. The minimum Gasteiger partial charge on any atom is -0.456 e. The SMILES string of the molecule is c1ccc2c(c1)ccc1oc3ccc(-c4c5ccccc5c(-c5ccc6c7ccccc7c7ccccc7c6c5)c5ccccc45)cc3c12. The second-order valence-corrected chi connectivity index (χ2v) is 13.2. The van der Waals surface area contributed by atoms with Gasteiger partial charge in [-0.2, -0.15) is 0 Å². The molecule has 0 aliphatic rings. The molecule has 0 saturated carbocycles. The van der Waals surface area contributed by atoms with E-state index in [1.165, 1.54) is 92.3 Å². The lowest BCUT2D eigenvalue weighted by molar-refractivity contribution is 0.669. The normalized spacial score (nSPS) is 12.1. The Labute approximate surface area is 282 Å². The second kappa shape index (κ2) is 10.0. The first-order chi connectivity index (χ1) is 24.3. The van der Waals surface area contributed by atoms with Gasteiger partial charge < -0.3 is 4.42 Å². The highest BCUT2D eigenvalue weighted by Gasteiger charge is 2.19. The van der Waals surface area contributed by atoms with Gasteiger partial charge in [-0.25, -0.2) is 0 Å². The van der Waals surface area contributed by atoms with Crippen molar-refractivity contribution in [3.05, 3.63) is 170 Å². The number of benzene rings is 10. The van der Waals surface area contributed by atoms with Crippen LogP contribution in [0, 0.1) is 0 Å². The summed E-state index contributed by atoms with van der Waals surface area (Å²) in [7, 11) is 0. The Morgan fingerprint density at radius 3 is 1.24 bits per heavy atom. The van der Waals surface area contributed by atoms with E-state index in [1.807, 2.05) is 0 Å². The molecule has 0 aliphatic heterocycles. The summed E-state index contributed by atoms with van der Waals surface area (Å²) in [6.07, 6.45) is 0. The molecule has 0 fully saturated rings. The van der Waals surface area contributed by atoms with Crippen LogP contribution < -0.4 is 0 Å². The standard InChI is InChI=1S/C48H28O/c1-2-12-32-29(11-1)22-26-45-48(32)43-28-31(23-25-44(43)49-45)47-40-19-9-7-17-38(40)46(39-18-8-10-20-41(39)47)30-21-24-37-35-15-4-3-13-33(35)34-14-5-6-16-36(34)42(37)27-30/h1-28H. The molecular weight excluding hydrogens is 593 g/mol. The van der Waals surface area contributed by atoms with Crippen LogP contribution >= 0.6 is 0 Å². The van der Waals surface area contributed by atoms with Crippen LogP contribution in [0.5, 0.6) is 0 Å². The van der Waals surface area contributed by atoms with E-state index in [-0.39, 0.29) is 0 Å². The molecule has 0 aliphatic carbocycles. The largest absolute Gasteiger partial charge is 0.456 e. The van der Waals surface area contributed by atoms with Gasteiger partial charge in [0.15, 0.2) is 0 Å². The van der Waals surface area contributed by atoms with Gasteiger partial charge >= 0.3 is 0 Å². The van der Waals surface area contributed by atoms with E-state index in [2.05, 4.69) is 170 Å². The molecule has 0 radical (unpaired) electrons. The maximum Gasteiger partial charge on any atom is 0.136 e. The Balaban J connectivity index is 1.22. The van der Waals surface area contributed by atoms with Gasteiger partial charge in [-0.1, -0.05) is 146 Å². The van der Waals surface area contributed by atoms with Crippen LogP contribution in [0.4, 0.5) is 0 Å². The summed E-state index contributed by atoms with van der Waals surface area (Å²) in [6, 6.07) is 62.1. The van der Waals surface area contributed by atoms with Crippen LogP contribution in [-0.4, -0.2) is 0 Å². The van der Waals surface area contributed by atoms with Crippen molar-refractivity contribution >= 4 is 86.6 Å². The molecule has 1 heteroatoms. The average molecular weight is 621 g/mol. The molecular formula is C48H28O. The van der Waals surface area contributed by atoms with Crippen LogP contribution in [0.2, 0.25) is 0 Å². The van der Waals surface area contributed by atoms with E-state index >= 15 is 0 Å². The predicted octanol–water partition coefficient (Wildman–Crippen LogP) is 13.8. The van der Waals surface area contributed by atoms with E-state index in [0.717, 1.165) is 16.6 Å². The highest BCUT2D eigenvalue weighted by molar-refractivity contribution is 6.28. The first-order valence-corrected chi connectivity index (χ1v) is 16.9. The highest BCUT2D eigenvalue weighted by Crippen LogP contribution is 2.46. The molecule has 0 amide bonds. The number of rotatable bonds is 2. The topological polar surface area (TPSA) is 13.1 Å². The molecule has 0 bridgehead atoms. The fourth-order valence-corrected chi connectivity index (χ4v) is 8.52. The summed E-state index contributed by atoms with van der Waals surface area (Å²) in [5.41, 5.74) is 6.79. The fraction of sp³-hybridized carbons (Fsp3) is 0. The Morgan fingerprint density at radius 2 is 0.673 bits per heavy atom. The monoisotopic (exact) mass is 620 g/mol. The Kier molecular flexibility index (Phi) is 5.45.